The molecule has 4 N–H and O–H groups in total. The standard InChI is InChI=1S/C26H38N4O5/c1-9-17-11-13-18(14-12-17)21(22(32)29-25(3,4)5)30(10-2)23(33)19(15-16-20(27)31)28-24(34)35-26(6,7)8/h2,11-14,19,21H,9,15-16H2,1,3-8H3,(H2,27,31)(H,28,34)(H,29,32). The van der Waals surface area contributed by atoms with Gasteiger partial charge in [0.2, 0.25) is 11.8 Å². The van der Waals surface area contributed by atoms with Crippen LogP contribution >= 0.6 is 0 Å². The maximum atomic E-state index is 13.6. The van der Waals surface area contributed by atoms with Crippen molar-refractivity contribution in [3.63, 3.8) is 0 Å². The second kappa shape index (κ2) is 12.2. The Hall–Kier alpha value is -3.54. The molecule has 0 saturated heterocycles. The summed E-state index contributed by atoms with van der Waals surface area (Å²) in [6, 6.07) is 7.08. The zero-order chi connectivity index (χ0) is 27.0. The Morgan fingerprint density at radius 3 is 2.09 bits per heavy atom. The van der Waals surface area contributed by atoms with E-state index >= 15 is 0 Å². The van der Waals surface area contributed by atoms with E-state index in [0.717, 1.165) is 16.9 Å². The number of hydrogen-bond donors (Lipinski definition) is 3. The number of nitrogens with two attached hydrogens (primary N) is 1. The van der Waals surface area contributed by atoms with E-state index in [0.29, 0.717) is 5.56 Å². The maximum absolute atomic E-state index is 13.6. The molecule has 0 fully saturated rings. The highest BCUT2D eigenvalue weighted by Gasteiger charge is 2.37. The number of benzene rings is 1. The van der Waals surface area contributed by atoms with E-state index in [4.69, 9.17) is 16.9 Å². The normalized spacial score (nSPS) is 13.1. The molecule has 0 aliphatic heterocycles. The molecule has 0 aliphatic carbocycles. The Bertz CT molecular complexity index is 952. The molecule has 2 unspecified atom stereocenters. The fraction of sp³-hybridized carbons (Fsp3) is 0.538. The first-order valence-electron chi connectivity index (χ1n) is 11.6. The van der Waals surface area contributed by atoms with Crippen molar-refractivity contribution in [3.8, 4) is 12.5 Å². The quantitative estimate of drug-likeness (QED) is 0.365. The molecule has 0 aliphatic rings. The Morgan fingerprint density at radius 1 is 1.09 bits per heavy atom. The smallest absolute Gasteiger partial charge is 0.408 e. The van der Waals surface area contributed by atoms with Gasteiger partial charge in [0.25, 0.3) is 5.91 Å². The molecule has 9 heteroatoms. The van der Waals surface area contributed by atoms with Crippen LogP contribution < -0.4 is 16.4 Å². The summed E-state index contributed by atoms with van der Waals surface area (Å²) < 4.78 is 5.25. The van der Waals surface area contributed by atoms with Gasteiger partial charge in [-0.15, -0.1) is 0 Å². The molecule has 192 valence electrons. The van der Waals surface area contributed by atoms with Crippen LogP contribution in [-0.4, -0.2) is 45.9 Å². The van der Waals surface area contributed by atoms with Gasteiger partial charge in [-0.05, 0) is 65.5 Å². The van der Waals surface area contributed by atoms with Gasteiger partial charge in [0.05, 0.1) is 0 Å². The van der Waals surface area contributed by atoms with Crippen LogP contribution in [0.25, 0.3) is 0 Å². The lowest BCUT2D eigenvalue weighted by Gasteiger charge is -2.32. The van der Waals surface area contributed by atoms with E-state index in [1.165, 1.54) is 0 Å². The summed E-state index contributed by atoms with van der Waals surface area (Å²) in [4.78, 5) is 51.7. The fourth-order valence-corrected chi connectivity index (χ4v) is 3.22. The minimum absolute atomic E-state index is 0.117. The van der Waals surface area contributed by atoms with E-state index in [2.05, 4.69) is 16.7 Å². The van der Waals surface area contributed by atoms with Crippen molar-refractivity contribution in [1.82, 2.24) is 15.5 Å². The van der Waals surface area contributed by atoms with Gasteiger partial charge in [-0.3, -0.25) is 19.3 Å². The van der Waals surface area contributed by atoms with Crippen LogP contribution in [0.15, 0.2) is 24.3 Å². The molecule has 0 saturated carbocycles. The van der Waals surface area contributed by atoms with Crippen LogP contribution in [0.1, 0.15) is 78.5 Å². The summed E-state index contributed by atoms with van der Waals surface area (Å²) in [5.74, 6) is -1.88. The van der Waals surface area contributed by atoms with E-state index in [1.807, 2.05) is 39.8 Å². The number of carbonyl (C=O) groups excluding carboxylic acids is 4. The molecule has 4 amide bonds. The molecule has 35 heavy (non-hydrogen) atoms. The average molecular weight is 487 g/mol. The Morgan fingerprint density at radius 2 is 1.66 bits per heavy atom. The molecule has 2 atom stereocenters. The van der Waals surface area contributed by atoms with Gasteiger partial charge in [-0.25, -0.2) is 4.79 Å². The first-order valence-corrected chi connectivity index (χ1v) is 11.6. The van der Waals surface area contributed by atoms with Crippen molar-refractivity contribution in [1.29, 1.82) is 0 Å². The van der Waals surface area contributed by atoms with E-state index < -0.39 is 47.0 Å². The second-order valence-electron chi connectivity index (χ2n) is 10.3. The van der Waals surface area contributed by atoms with Gasteiger partial charge in [0.1, 0.15) is 17.7 Å². The van der Waals surface area contributed by atoms with Crippen molar-refractivity contribution in [2.45, 2.75) is 91.0 Å². The number of ether oxygens (including phenoxy) is 1. The fourth-order valence-electron chi connectivity index (χ4n) is 3.22. The van der Waals surface area contributed by atoms with Gasteiger partial charge in [-0.2, -0.15) is 0 Å². The molecular weight excluding hydrogens is 448 g/mol. The van der Waals surface area contributed by atoms with Gasteiger partial charge in [0, 0.05) is 18.0 Å². The third-order valence-corrected chi connectivity index (χ3v) is 4.75. The third-order valence-electron chi connectivity index (χ3n) is 4.75. The maximum Gasteiger partial charge on any atom is 0.408 e. The van der Waals surface area contributed by atoms with E-state index in [1.54, 1.807) is 32.9 Å². The molecule has 1 aromatic carbocycles. The molecule has 0 aromatic heterocycles. The highest BCUT2D eigenvalue weighted by atomic mass is 16.6. The first-order chi connectivity index (χ1) is 16.1. The van der Waals surface area contributed by atoms with Crippen LogP contribution in [0.5, 0.6) is 0 Å². The number of alkyl carbamates (subject to hydrolysis) is 1. The summed E-state index contributed by atoms with van der Waals surface area (Å²) in [6.07, 6.45) is 5.37. The molecule has 0 heterocycles. The predicted octanol–water partition coefficient (Wildman–Crippen LogP) is 2.78. The highest BCUT2D eigenvalue weighted by Crippen LogP contribution is 2.24. The number of terminal acetylenes is 1. The van der Waals surface area contributed by atoms with Crippen molar-refractivity contribution in [2.75, 3.05) is 0 Å². The number of primary amides is 1. The predicted molar refractivity (Wildman–Crippen MR) is 134 cm³/mol. The number of aryl methyl sites for hydroxylation is 1. The molecule has 1 rings (SSSR count). The Labute approximate surface area is 208 Å². The van der Waals surface area contributed by atoms with Crippen LogP contribution in [0.3, 0.4) is 0 Å². The Balaban J connectivity index is 3.42. The van der Waals surface area contributed by atoms with Gasteiger partial charge < -0.3 is 21.1 Å². The number of nitrogens with one attached hydrogen (secondary N) is 2. The monoisotopic (exact) mass is 486 g/mol. The largest absolute Gasteiger partial charge is 0.444 e. The number of nitrogens with zero attached hydrogens (tertiary/aromatic N) is 1. The molecular formula is C26H38N4O5. The van der Waals surface area contributed by atoms with Crippen molar-refractivity contribution < 1.29 is 23.9 Å². The first kappa shape index (κ1) is 29.5. The number of rotatable bonds is 9. The lowest BCUT2D eigenvalue weighted by Crippen LogP contribution is -2.53. The molecule has 9 nitrogen and oxygen atoms in total. The summed E-state index contributed by atoms with van der Waals surface area (Å²) >= 11 is 0. The number of hydrogen-bond acceptors (Lipinski definition) is 5. The lowest BCUT2D eigenvalue weighted by molar-refractivity contribution is -0.139. The average Bonchev–Trinajstić information content (AvgIpc) is 2.71. The SMILES string of the molecule is C#CN(C(=O)C(CCC(N)=O)NC(=O)OC(C)(C)C)C(C(=O)NC(C)(C)C)c1ccc(CC)cc1. The van der Waals surface area contributed by atoms with Crippen molar-refractivity contribution >= 4 is 23.8 Å². The number of amides is 4. The minimum Gasteiger partial charge on any atom is -0.444 e. The van der Waals surface area contributed by atoms with Crippen LogP contribution in [-0.2, 0) is 25.5 Å². The second-order valence-corrected chi connectivity index (χ2v) is 10.3. The lowest BCUT2D eigenvalue weighted by atomic mass is 9.99. The van der Waals surface area contributed by atoms with Crippen molar-refractivity contribution in [3.05, 3.63) is 35.4 Å². The highest BCUT2D eigenvalue weighted by molar-refractivity contribution is 5.93. The van der Waals surface area contributed by atoms with Gasteiger partial charge in [0.15, 0.2) is 0 Å². The summed E-state index contributed by atoms with van der Waals surface area (Å²) in [6.45, 7) is 12.5. The van der Waals surface area contributed by atoms with E-state index in [-0.39, 0.29) is 12.8 Å². The molecule has 0 bridgehead atoms. The summed E-state index contributed by atoms with van der Waals surface area (Å²) in [7, 11) is 0. The molecule has 0 spiro atoms. The zero-order valence-corrected chi connectivity index (χ0v) is 21.7. The van der Waals surface area contributed by atoms with Gasteiger partial charge in [-0.1, -0.05) is 37.6 Å². The van der Waals surface area contributed by atoms with Gasteiger partial charge >= 0.3 is 6.09 Å². The Kier molecular flexibility index (Phi) is 10.3. The topological polar surface area (TPSA) is 131 Å². The van der Waals surface area contributed by atoms with Crippen molar-refractivity contribution in [2.24, 2.45) is 5.73 Å². The molecule has 1 aromatic rings. The van der Waals surface area contributed by atoms with E-state index in [9.17, 15) is 19.2 Å². The van der Waals surface area contributed by atoms with Crippen LogP contribution in [0.2, 0.25) is 0 Å². The summed E-state index contributed by atoms with van der Waals surface area (Å²) in [5, 5.41) is 5.33. The van der Waals surface area contributed by atoms with Crippen LogP contribution in [0.4, 0.5) is 4.79 Å². The summed E-state index contributed by atoms with van der Waals surface area (Å²) in [5.41, 5.74) is 5.40. The molecule has 0 radical (unpaired) electrons. The zero-order valence-electron chi connectivity index (χ0n) is 21.7. The third kappa shape index (κ3) is 10.1. The minimum atomic E-state index is -1.24. The van der Waals surface area contributed by atoms with Crippen LogP contribution in [0, 0.1) is 12.5 Å². The number of carbonyl (C=O) groups is 4.